The number of benzene rings is 1. The van der Waals surface area contributed by atoms with Gasteiger partial charge in [-0.2, -0.15) is 0 Å². The lowest BCUT2D eigenvalue weighted by Gasteiger charge is -2.50. The van der Waals surface area contributed by atoms with Gasteiger partial charge in [0.1, 0.15) is 6.29 Å². The second-order valence-electron chi connectivity index (χ2n) is 9.62. The smallest absolute Gasteiger partial charge is 0.333 e. The summed E-state index contributed by atoms with van der Waals surface area (Å²) in [5.74, 6) is 0.477. The number of carboxylic acid groups (broad SMARTS) is 1. The zero-order valence-corrected chi connectivity index (χ0v) is 19.3. The van der Waals surface area contributed by atoms with E-state index in [9.17, 15) is 14.7 Å². The van der Waals surface area contributed by atoms with Gasteiger partial charge in [-0.3, -0.25) is 9.80 Å². The number of hydrazine groups is 1. The molecule has 4 heterocycles. The van der Waals surface area contributed by atoms with E-state index in [4.69, 9.17) is 14.2 Å². The quantitative estimate of drug-likeness (QED) is 0.495. The van der Waals surface area contributed by atoms with Crippen LogP contribution in [0, 0.1) is 0 Å². The van der Waals surface area contributed by atoms with Crippen LogP contribution in [0.1, 0.15) is 62.3 Å². The summed E-state index contributed by atoms with van der Waals surface area (Å²) in [5, 5.41) is 13.9. The van der Waals surface area contributed by atoms with E-state index in [0.29, 0.717) is 25.4 Å². The molecule has 0 radical (unpaired) electrons. The molecule has 0 amide bonds. The Kier molecular flexibility index (Phi) is 5.45. The molecule has 0 aliphatic carbocycles. The van der Waals surface area contributed by atoms with Gasteiger partial charge in [0.25, 0.3) is 0 Å². The van der Waals surface area contributed by atoms with E-state index in [0.717, 1.165) is 65.9 Å². The molecular formula is C25H30N2O6. The molecule has 1 N–H and O–H groups in total. The van der Waals surface area contributed by atoms with Gasteiger partial charge in [-0.1, -0.05) is 0 Å². The Balaban J connectivity index is 1.70. The van der Waals surface area contributed by atoms with Crippen molar-refractivity contribution in [3.63, 3.8) is 0 Å². The van der Waals surface area contributed by atoms with Gasteiger partial charge in [0.2, 0.25) is 0 Å². The second-order valence-corrected chi connectivity index (χ2v) is 9.62. The van der Waals surface area contributed by atoms with Crippen molar-refractivity contribution in [2.24, 2.45) is 0 Å². The fraction of sp³-hybridized carbons (Fsp3) is 0.520. The van der Waals surface area contributed by atoms with Crippen LogP contribution in [0.5, 0.6) is 11.5 Å². The van der Waals surface area contributed by atoms with Gasteiger partial charge in [-0.15, -0.1) is 0 Å². The second kappa shape index (κ2) is 8.18. The number of fused-ring (bicyclic) bond motifs is 8. The Morgan fingerprint density at radius 1 is 1.36 bits per heavy atom. The number of carboxylic acids is 1. The number of hydrogen-bond acceptors (Lipinski definition) is 7. The topological polar surface area (TPSA) is 88.5 Å². The first-order valence-corrected chi connectivity index (χ1v) is 11.5. The molecule has 33 heavy (non-hydrogen) atoms. The highest BCUT2D eigenvalue weighted by atomic mass is 16.5. The molecule has 0 aromatic heterocycles. The molecule has 1 aromatic carbocycles. The Morgan fingerprint density at radius 3 is 2.91 bits per heavy atom. The molecular weight excluding hydrogens is 424 g/mol. The van der Waals surface area contributed by atoms with Crippen molar-refractivity contribution in [1.82, 2.24) is 10.0 Å². The van der Waals surface area contributed by atoms with E-state index in [2.05, 4.69) is 24.9 Å². The molecule has 0 bridgehead atoms. The van der Waals surface area contributed by atoms with Crippen LogP contribution >= 0.6 is 0 Å². The summed E-state index contributed by atoms with van der Waals surface area (Å²) >= 11 is 0. The van der Waals surface area contributed by atoms with Crippen LogP contribution < -0.4 is 9.47 Å². The predicted molar refractivity (Wildman–Crippen MR) is 121 cm³/mol. The molecule has 1 aromatic rings. The Labute approximate surface area is 193 Å². The highest BCUT2D eigenvalue weighted by molar-refractivity contribution is 5.97. The maximum Gasteiger partial charge on any atom is 0.333 e. The number of ether oxygens (including phenoxy) is 3. The lowest BCUT2D eigenvalue weighted by atomic mass is 9.85. The van der Waals surface area contributed by atoms with Gasteiger partial charge >= 0.3 is 5.97 Å². The largest absolute Gasteiger partial charge is 0.490 e. The molecule has 176 valence electrons. The third-order valence-corrected chi connectivity index (χ3v) is 7.11. The summed E-state index contributed by atoms with van der Waals surface area (Å²) in [6.07, 6.45) is 6.00. The van der Waals surface area contributed by atoms with E-state index in [1.807, 2.05) is 5.01 Å². The molecule has 8 nitrogen and oxygen atoms in total. The van der Waals surface area contributed by atoms with Gasteiger partial charge in [-0.05, 0) is 38.3 Å². The molecule has 5 rings (SSSR count). The van der Waals surface area contributed by atoms with Crippen LogP contribution in [0.2, 0.25) is 0 Å². The SMILES string of the molecule is COCCCOc1cc2c(c3c1OCC3)C1=C(C=O)CC(C(=O)O)=CN1N1C2CCC1(C)C. The summed E-state index contributed by atoms with van der Waals surface area (Å²) in [5.41, 5.74) is 4.47. The van der Waals surface area contributed by atoms with Crippen LogP contribution in [0.4, 0.5) is 0 Å². The van der Waals surface area contributed by atoms with E-state index < -0.39 is 5.97 Å². The molecule has 1 unspecified atom stereocenters. The molecule has 0 spiro atoms. The summed E-state index contributed by atoms with van der Waals surface area (Å²) in [6.45, 7) is 6.04. The predicted octanol–water partition coefficient (Wildman–Crippen LogP) is 3.47. The van der Waals surface area contributed by atoms with E-state index in [-0.39, 0.29) is 23.6 Å². The first kappa shape index (κ1) is 22.0. The van der Waals surface area contributed by atoms with Gasteiger partial charge in [0.05, 0.1) is 30.5 Å². The van der Waals surface area contributed by atoms with E-state index in [1.54, 1.807) is 13.3 Å². The number of aliphatic carboxylic acids is 1. The summed E-state index contributed by atoms with van der Waals surface area (Å²) in [7, 11) is 1.68. The number of carbonyl (C=O) groups is 2. The summed E-state index contributed by atoms with van der Waals surface area (Å²) in [6, 6.07) is 2.14. The number of methoxy groups -OCH3 is 1. The minimum atomic E-state index is -0.999. The van der Waals surface area contributed by atoms with Crippen molar-refractivity contribution < 1.29 is 28.9 Å². The minimum Gasteiger partial charge on any atom is -0.490 e. The third-order valence-electron chi connectivity index (χ3n) is 7.11. The van der Waals surface area contributed by atoms with Crippen LogP contribution in [0.3, 0.4) is 0 Å². The highest BCUT2D eigenvalue weighted by Gasteiger charge is 2.51. The molecule has 0 saturated carbocycles. The molecule has 4 aliphatic rings. The average molecular weight is 455 g/mol. The van der Waals surface area contributed by atoms with Crippen molar-refractivity contribution in [3.8, 4) is 11.5 Å². The van der Waals surface area contributed by atoms with Gasteiger partial charge in [0, 0.05) is 61.4 Å². The molecule has 1 saturated heterocycles. The number of nitrogens with zero attached hydrogens (tertiary/aromatic N) is 2. The summed E-state index contributed by atoms with van der Waals surface area (Å²) in [4.78, 5) is 24.1. The fourth-order valence-corrected chi connectivity index (χ4v) is 5.65. The highest BCUT2D eigenvalue weighted by Crippen LogP contribution is 2.56. The Bertz CT molecular complexity index is 1070. The third kappa shape index (κ3) is 3.43. The number of carbonyl (C=O) groups excluding carboxylic acids is 1. The number of allylic oxidation sites excluding steroid dienone is 1. The van der Waals surface area contributed by atoms with Crippen molar-refractivity contribution >= 4 is 18.0 Å². The normalized spacial score (nSPS) is 22.7. The average Bonchev–Trinajstić information content (AvgIpc) is 3.40. The fourth-order valence-electron chi connectivity index (χ4n) is 5.65. The number of rotatable bonds is 7. The van der Waals surface area contributed by atoms with E-state index in [1.165, 1.54) is 0 Å². The Morgan fingerprint density at radius 2 is 2.18 bits per heavy atom. The molecule has 1 atom stereocenters. The molecule has 8 heteroatoms. The standard InChI is InChI=1S/C25H30N2O6/c1-25(2)7-5-19-18-12-20(32-9-4-8-31-3)23-17(6-10-33-23)21(18)22-16(14-28)11-15(24(29)30)13-26(22)27(19)25/h12-14,19H,4-11H2,1-3H3,(H,29,30). The lowest BCUT2D eigenvalue weighted by Crippen LogP contribution is -2.52. The van der Waals surface area contributed by atoms with Gasteiger partial charge in [0.15, 0.2) is 11.5 Å². The van der Waals surface area contributed by atoms with Crippen LogP contribution in [0.15, 0.2) is 23.4 Å². The van der Waals surface area contributed by atoms with Gasteiger partial charge < -0.3 is 19.3 Å². The first-order valence-electron chi connectivity index (χ1n) is 11.5. The van der Waals surface area contributed by atoms with E-state index >= 15 is 0 Å². The maximum absolute atomic E-state index is 12.2. The van der Waals surface area contributed by atoms with Crippen molar-refractivity contribution in [3.05, 3.63) is 40.1 Å². The molecule has 4 aliphatic heterocycles. The summed E-state index contributed by atoms with van der Waals surface area (Å²) < 4.78 is 17.3. The lowest BCUT2D eigenvalue weighted by molar-refractivity contribution is -0.133. The van der Waals surface area contributed by atoms with Crippen molar-refractivity contribution in [2.45, 2.75) is 57.5 Å². The van der Waals surface area contributed by atoms with Crippen molar-refractivity contribution in [1.29, 1.82) is 0 Å². The van der Waals surface area contributed by atoms with Gasteiger partial charge in [-0.25, -0.2) is 9.80 Å². The zero-order valence-electron chi connectivity index (χ0n) is 19.3. The number of aldehydes is 1. The van der Waals surface area contributed by atoms with Crippen molar-refractivity contribution in [2.75, 3.05) is 26.9 Å². The minimum absolute atomic E-state index is 0.0586. The van der Waals surface area contributed by atoms with Crippen LogP contribution in [-0.4, -0.2) is 59.8 Å². The zero-order chi connectivity index (χ0) is 23.3. The Hall–Kier alpha value is -2.84. The molecule has 1 fully saturated rings. The maximum atomic E-state index is 12.2. The first-order chi connectivity index (χ1) is 15.9. The monoisotopic (exact) mass is 454 g/mol. The van der Waals surface area contributed by atoms with Crippen LogP contribution in [0.25, 0.3) is 5.70 Å². The number of hydrogen-bond donors (Lipinski definition) is 1. The van der Waals surface area contributed by atoms with Crippen LogP contribution in [-0.2, 0) is 20.7 Å².